The summed E-state index contributed by atoms with van der Waals surface area (Å²) in [6, 6.07) is 12.8. The highest BCUT2D eigenvalue weighted by atomic mass is 16.6. The van der Waals surface area contributed by atoms with Crippen LogP contribution in [0.25, 0.3) is 6.08 Å². The lowest BCUT2D eigenvalue weighted by molar-refractivity contribution is -0.145. The number of amides is 2. The number of methoxy groups -OCH3 is 1. The maximum atomic E-state index is 12.3. The normalized spacial score (nSPS) is 11.3. The quantitative estimate of drug-likeness (QED) is 0.192. The molecule has 0 bridgehead atoms. The Labute approximate surface area is 215 Å². The largest absolute Gasteiger partial charge is 0.467 e. The summed E-state index contributed by atoms with van der Waals surface area (Å²) in [5.74, 6) is -2.28. The van der Waals surface area contributed by atoms with E-state index in [-0.39, 0.29) is 42.7 Å². The maximum absolute atomic E-state index is 12.3. The fraction of sp³-hybridized carbons (Fsp3) is 0.296. The van der Waals surface area contributed by atoms with E-state index in [1.807, 2.05) is 30.3 Å². The van der Waals surface area contributed by atoms with Crippen LogP contribution in [0, 0.1) is 0 Å². The summed E-state index contributed by atoms with van der Waals surface area (Å²) < 4.78 is 14.9. The van der Waals surface area contributed by atoms with Crippen LogP contribution in [0.2, 0.25) is 0 Å². The van der Waals surface area contributed by atoms with Crippen molar-refractivity contribution in [3.8, 4) is 11.5 Å². The molecule has 0 saturated carbocycles. The van der Waals surface area contributed by atoms with Crippen LogP contribution in [-0.4, -0.2) is 49.4 Å². The van der Waals surface area contributed by atoms with Gasteiger partial charge in [-0.15, -0.1) is 0 Å². The van der Waals surface area contributed by atoms with Crippen LogP contribution in [0.1, 0.15) is 37.8 Å². The van der Waals surface area contributed by atoms with Gasteiger partial charge < -0.3 is 24.8 Å². The van der Waals surface area contributed by atoms with Crippen LogP contribution in [0.5, 0.6) is 11.5 Å². The summed E-state index contributed by atoms with van der Waals surface area (Å²) >= 11 is 0. The van der Waals surface area contributed by atoms with Gasteiger partial charge in [-0.1, -0.05) is 36.4 Å². The third-order valence-corrected chi connectivity index (χ3v) is 4.90. The number of carbonyl (C=O) groups is 5. The Morgan fingerprint density at radius 1 is 0.919 bits per heavy atom. The van der Waals surface area contributed by atoms with E-state index >= 15 is 0 Å². The van der Waals surface area contributed by atoms with Crippen LogP contribution in [-0.2, 0) is 35.1 Å². The van der Waals surface area contributed by atoms with Crippen molar-refractivity contribution in [3.05, 3.63) is 65.7 Å². The van der Waals surface area contributed by atoms with Gasteiger partial charge >= 0.3 is 17.9 Å². The number of carbonyl (C=O) groups excluding carboxylic acids is 5. The molecule has 2 amide bonds. The van der Waals surface area contributed by atoms with E-state index < -0.39 is 23.9 Å². The lowest BCUT2D eigenvalue weighted by Crippen LogP contribution is -2.42. The summed E-state index contributed by atoms with van der Waals surface area (Å²) in [5, 5.41) is 5.38. The molecule has 10 heteroatoms. The topological polar surface area (TPSA) is 137 Å². The molecule has 196 valence electrons. The zero-order chi connectivity index (χ0) is 27.2. The molecule has 0 spiro atoms. The first-order chi connectivity index (χ1) is 17.7. The molecule has 2 aromatic carbocycles. The SMILES string of the molecule is COC(=O)[C@H](CCCNC(=O)/C=C/c1ccc(OC(C)=O)c(OC(C)=O)c1)NC(=O)Cc1ccccc1. The molecule has 0 unspecified atom stereocenters. The number of ether oxygens (including phenoxy) is 3. The van der Waals surface area contributed by atoms with Gasteiger partial charge in [-0.05, 0) is 42.2 Å². The van der Waals surface area contributed by atoms with Crippen LogP contribution in [0.4, 0.5) is 0 Å². The first-order valence-electron chi connectivity index (χ1n) is 11.6. The van der Waals surface area contributed by atoms with E-state index in [1.54, 1.807) is 6.07 Å². The van der Waals surface area contributed by atoms with Crippen molar-refractivity contribution in [2.24, 2.45) is 0 Å². The van der Waals surface area contributed by atoms with E-state index in [4.69, 9.17) is 14.2 Å². The molecule has 1 atom stereocenters. The fourth-order valence-corrected chi connectivity index (χ4v) is 3.27. The third kappa shape index (κ3) is 10.8. The Balaban J connectivity index is 1.86. The molecular formula is C27H30N2O8. The summed E-state index contributed by atoms with van der Waals surface area (Å²) in [7, 11) is 1.25. The van der Waals surface area contributed by atoms with Crippen LogP contribution >= 0.6 is 0 Å². The minimum atomic E-state index is -0.830. The van der Waals surface area contributed by atoms with Gasteiger partial charge in [-0.3, -0.25) is 19.2 Å². The molecule has 0 radical (unpaired) electrons. The van der Waals surface area contributed by atoms with Gasteiger partial charge in [-0.2, -0.15) is 0 Å². The minimum Gasteiger partial charge on any atom is -0.467 e. The van der Waals surface area contributed by atoms with E-state index in [2.05, 4.69) is 10.6 Å². The third-order valence-electron chi connectivity index (χ3n) is 4.90. The standard InChI is InChI=1S/C27H30N2O8/c1-18(30)36-23-13-11-21(16-24(23)37-19(2)31)12-14-25(32)28-15-7-10-22(27(34)35-3)29-26(33)17-20-8-5-4-6-9-20/h4-6,8-9,11-14,16,22H,7,10,15,17H2,1-3H3,(H,28,32)(H,29,33)/b14-12+/t22-/m0/s1. The van der Waals surface area contributed by atoms with Gasteiger partial charge in [0.25, 0.3) is 0 Å². The molecule has 0 fully saturated rings. The molecule has 10 nitrogen and oxygen atoms in total. The molecule has 0 heterocycles. The number of hydrogen-bond acceptors (Lipinski definition) is 8. The lowest BCUT2D eigenvalue weighted by atomic mass is 10.1. The summed E-state index contributed by atoms with van der Waals surface area (Å²) in [6.07, 6.45) is 3.62. The van der Waals surface area contributed by atoms with Gasteiger partial charge in [0.05, 0.1) is 13.5 Å². The molecule has 2 aromatic rings. The number of benzene rings is 2. The van der Waals surface area contributed by atoms with Crippen molar-refractivity contribution in [1.29, 1.82) is 0 Å². The zero-order valence-corrected chi connectivity index (χ0v) is 20.9. The van der Waals surface area contributed by atoms with E-state index in [9.17, 15) is 24.0 Å². The molecule has 0 aliphatic rings. The van der Waals surface area contributed by atoms with E-state index in [0.29, 0.717) is 12.0 Å². The Bertz CT molecular complexity index is 1140. The van der Waals surface area contributed by atoms with E-state index in [1.165, 1.54) is 45.2 Å². The molecule has 0 aliphatic heterocycles. The van der Waals surface area contributed by atoms with Crippen LogP contribution in [0.3, 0.4) is 0 Å². The first-order valence-corrected chi connectivity index (χ1v) is 11.6. The summed E-state index contributed by atoms with van der Waals surface area (Å²) in [5.41, 5.74) is 1.36. The molecular weight excluding hydrogens is 480 g/mol. The number of rotatable bonds is 12. The van der Waals surface area contributed by atoms with Crippen molar-refractivity contribution >= 4 is 35.8 Å². The van der Waals surface area contributed by atoms with Crippen molar-refractivity contribution in [3.63, 3.8) is 0 Å². The van der Waals surface area contributed by atoms with E-state index in [0.717, 1.165) is 5.56 Å². The number of nitrogens with one attached hydrogen (secondary N) is 2. The van der Waals surface area contributed by atoms with Gasteiger partial charge in [0.15, 0.2) is 11.5 Å². The van der Waals surface area contributed by atoms with Crippen molar-refractivity contribution in [2.45, 2.75) is 39.2 Å². The molecule has 0 saturated heterocycles. The van der Waals surface area contributed by atoms with Gasteiger partial charge in [0, 0.05) is 26.5 Å². The van der Waals surface area contributed by atoms with Gasteiger partial charge in [0.1, 0.15) is 6.04 Å². The zero-order valence-electron chi connectivity index (χ0n) is 20.9. The predicted molar refractivity (Wildman–Crippen MR) is 134 cm³/mol. The van der Waals surface area contributed by atoms with Crippen molar-refractivity contribution in [2.75, 3.05) is 13.7 Å². The lowest BCUT2D eigenvalue weighted by Gasteiger charge is -2.16. The molecule has 0 aromatic heterocycles. The first kappa shape index (κ1) is 28.8. The Hall–Kier alpha value is -4.47. The summed E-state index contributed by atoms with van der Waals surface area (Å²) in [4.78, 5) is 59.1. The second kappa shape index (κ2) is 14.8. The smallest absolute Gasteiger partial charge is 0.328 e. The Morgan fingerprint density at radius 2 is 1.59 bits per heavy atom. The molecule has 2 N–H and O–H groups in total. The number of esters is 3. The average molecular weight is 511 g/mol. The fourth-order valence-electron chi connectivity index (χ4n) is 3.27. The minimum absolute atomic E-state index is 0.0495. The average Bonchev–Trinajstić information content (AvgIpc) is 2.85. The Kier molecular flexibility index (Phi) is 11.5. The van der Waals surface area contributed by atoms with Gasteiger partial charge in [-0.25, -0.2) is 4.79 Å². The Morgan fingerprint density at radius 3 is 2.24 bits per heavy atom. The molecule has 37 heavy (non-hydrogen) atoms. The van der Waals surface area contributed by atoms with Crippen molar-refractivity contribution in [1.82, 2.24) is 10.6 Å². The molecule has 2 rings (SSSR count). The highest BCUT2D eigenvalue weighted by Gasteiger charge is 2.21. The number of hydrogen-bond donors (Lipinski definition) is 2. The monoisotopic (exact) mass is 510 g/mol. The highest BCUT2D eigenvalue weighted by Crippen LogP contribution is 2.29. The van der Waals surface area contributed by atoms with Crippen molar-refractivity contribution < 1.29 is 38.2 Å². The second-order valence-electron chi connectivity index (χ2n) is 7.97. The molecule has 0 aliphatic carbocycles. The highest BCUT2D eigenvalue weighted by molar-refractivity contribution is 5.92. The predicted octanol–water partition coefficient (Wildman–Crippen LogP) is 2.35. The maximum Gasteiger partial charge on any atom is 0.328 e. The van der Waals surface area contributed by atoms with Crippen LogP contribution in [0.15, 0.2) is 54.6 Å². The summed E-state index contributed by atoms with van der Waals surface area (Å²) in [6.45, 7) is 2.70. The van der Waals surface area contributed by atoms with Gasteiger partial charge in [0.2, 0.25) is 11.8 Å². The second-order valence-corrected chi connectivity index (χ2v) is 7.97. The van der Waals surface area contributed by atoms with Crippen LogP contribution < -0.4 is 20.1 Å².